The molecule has 0 radical (unpaired) electrons. The Balaban J connectivity index is 1.52. The molecule has 1 aliphatic heterocycles. The summed E-state index contributed by atoms with van der Waals surface area (Å²) in [5.74, 6) is 0.982. The highest BCUT2D eigenvalue weighted by molar-refractivity contribution is 5.58. The molecule has 3 nitrogen and oxygen atoms in total. The highest BCUT2D eigenvalue weighted by Gasteiger charge is 2.21. The van der Waals surface area contributed by atoms with Crippen LogP contribution < -0.4 is 14.5 Å². The Hall–Kier alpha value is -2.00. The van der Waals surface area contributed by atoms with Crippen molar-refractivity contribution in [2.75, 3.05) is 44.7 Å². The quantitative estimate of drug-likeness (QED) is 0.904. The predicted octanol–water partition coefficient (Wildman–Crippen LogP) is 1.64. The summed E-state index contributed by atoms with van der Waals surface area (Å²) < 4.78 is 5.48. The van der Waals surface area contributed by atoms with Crippen molar-refractivity contribution >= 4 is 5.69 Å². The molecule has 3 heteroatoms. The van der Waals surface area contributed by atoms with E-state index in [0.717, 1.165) is 18.8 Å². The van der Waals surface area contributed by atoms with Crippen molar-refractivity contribution in [3.63, 3.8) is 0 Å². The Morgan fingerprint density at radius 3 is 2.36 bits per heavy atom. The average Bonchev–Trinajstić information content (AvgIpc) is 2.61. The second-order valence-electron chi connectivity index (χ2n) is 5.89. The third-order valence-electron chi connectivity index (χ3n) is 4.51. The smallest absolute Gasteiger partial charge is 0.142 e. The first kappa shape index (κ1) is 14.9. The van der Waals surface area contributed by atoms with Gasteiger partial charge in [-0.05, 0) is 17.7 Å². The van der Waals surface area contributed by atoms with E-state index >= 15 is 0 Å². The topological polar surface area (TPSA) is 16.9 Å². The predicted molar refractivity (Wildman–Crippen MR) is 90.9 cm³/mol. The lowest BCUT2D eigenvalue weighted by molar-refractivity contribution is -0.900. The van der Waals surface area contributed by atoms with E-state index in [-0.39, 0.29) is 0 Å². The summed E-state index contributed by atoms with van der Waals surface area (Å²) in [5.41, 5.74) is 2.68. The number of rotatable bonds is 5. The van der Waals surface area contributed by atoms with E-state index in [1.165, 1.54) is 37.3 Å². The van der Waals surface area contributed by atoms with Crippen molar-refractivity contribution in [3.05, 3.63) is 60.2 Å². The van der Waals surface area contributed by atoms with E-state index in [1.807, 2.05) is 12.1 Å². The van der Waals surface area contributed by atoms with Crippen molar-refractivity contribution in [1.82, 2.24) is 0 Å². The fourth-order valence-electron chi connectivity index (χ4n) is 3.17. The van der Waals surface area contributed by atoms with E-state index in [4.69, 9.17) is 4.74 Å². The molecule has 1 N–H and O–H groups in total. The number of piperazine rings is 1. The van der Waals surface area contributed by atoms with Crippen molar-refractivity contribution in [2.24, 2.45) is 0 Å². The normalized spacial score (nSPS) is 15.8. The van der Waals surface area contributed by atoms with Gasteiger partial charge in [0.05, 0.1) is 45.5 Å². The minimum atomic E-state index is 0.982. The number of anilines is 1. The fraction of sp³-hybridized carbons (Fsp3) is 0.368. The van der Waals surface area contributed by atoms with Gasteiger partial charge in [-0.3, -0.25) is 0 Å². The van der Waals surface area contributed by atoms with Crippen LogP contribution in [0.2, 0.25) is 0 Å². The zero-order valence-electron chi connectivity index (χ0n) is 13.3. The third kappa shape index (κ3) is 3.60. The second-order valence-corrected chi connectivity index (χ2v) is 5.89. The summed E-state index contributed by atoms with van der Waals surface area (Å²) >= 11 is 0. The van der Waals surface area contributed by atoms with E-state index in [0.29, 0.717) is 0 Å². The molecule has 22 heavy (non-hydrogen) atoms. The van der Waals surface area contributed by atoms with Gasteiger partial charge in [0.15, 0.2) is 0 Å². The number of hydrogen-bond donors (Lipinski definition) is 1. The molecule has 0 amide bonds. The summed E-state index contributed by atoms with van der Waals surface area (Å²) in [6.45, 7) is 5.83. The summed E-state index contributed by atoms with van der Waals surface area (Å²) in [4.78, 5) is 4.15. The van der Waals surface area contributed by atoms with E-state index in [2.05, 4.69) is 47.4 Å². The van der Waals surface area contributed by atoms with E-state index < -0.39 is 0 Å². The maximum absolute atomic E-state index is 5.48. The number of methoxy groups -OCH3 is 1. The van der Waals surface area contributed by atoms with Crippen LogP contribution in [0.25, 0.3) is 0 Å². The Bertz CT molecular complexity index is 577. The molecule has 0 saturated carbocycles. The van der Waals surface area contributed by atoms with Crippen LogP contribution in [0, 0.1) is 0 Å². The molecule has 0 spiro atoms. The van der Waals surface area contributed by atoms with Gasteiger partial charge >= 0.3 is 0 Å². The molecule has 0 bridgehead atoms. The average molecular weight is 297 g/mol. The maximum Gasteiger partial charge on any atom is 0.142 e. The van der Waals surface area contributed by atoms with Gasteiger partial charge in [0.2, 0.25) is 0 Å². The molecule has 0 unspecified atom stereocenters. The van der Waals surface area contributed by atoms with Gasteiger partial charge in [-0.25, -0.2) is 0 Å². The van der Waals surface area contributed by atoms with Gasteiger partial charge in [0.1, 0.15) is 5.75 Å². The molecular weight excluding hydrogens is 272 g/mol. The van der Waals surface area contributed by atoms with Crippen LogP contribution in [0.15, 0.2) is 54.6 Å². The highest BCUT2D eigenvalue weighted by Crippen LogP contribution is 2.27. The largest absolute Gasteiger partial charge is 0.495 e. The summed E-state index contributed by atoms with van der Waals surface area (Å²) in [6.07, 6.45) is 1.17. The summed E-state index contributed by atoms with van der Waals surface area (Å²) in [7, 11) is 1.75. The number of quaternary nitrogens is 1. The van der Waals surface area contributed by atoms with Crippen LogP contribution in [0.3, 0.4) is 0 Å². The van der Waals surface area contributed by atoms with Gasteiger partial charge in [-0.2, -0.15) is 0 Å². The molecule has 1 aliphatic rings. The Labute approximate surface area is 133 Å². The molecule has 1 fully saturated rings. The minimum absolute atomic E-state index is 0.982. The number of ether oxygens (including phenoxy) is 1. The molecular formula is C19H25N2O+. The second kappa shape index (κ2) is 7.32. The molecule has 0 atom stereocenters. The minimum Gasteiger partial charge on any atom is -0.495 e. The Morgan fingerprint density at radius 2 is 1.64 bits per heavy atom. The number of para-hydroxylation sites is 2. The number of nitrogens with one attached hydrogen (secondary N) is 1. The zero-order chi connectivity index (χ0) is 15.2. The number of hydrogen-bond acceptors (Lipinski definition) is 2. The van der Waals surface area contributed by atoms with E-state index in [9.17, 15) is 0 Å². The first-order valence-electron chi connectivity index (χ1n) is 8.12. The molecule has 1 saturated heterocycles. The SMILES string of the molecule is COc1ccccc1N1CC[NH+](CCc2ccccc2)CC1. The molecule has 2 aromatic carbocycles. The number of nitrogens with zero attached hydrogens (tertiary/aromatic N) is 1. The van der Waals surface area contributed by atoms with Gasteiger partial charge in [-0.1, -0.05) is 42.5 Å². The monoisotopic (exact) mass is 297 g/mol. The molecule has 1 heterocycles. The van der Waals surface area contributed by atoms with Crippen LogP contribution >= 0.6 is 0 Å². The van der Waals surface area contributed by atoms with Crippen LogP contribution in [0.1, 0.15) is 5.56 Å². The first-order valence-corrected chi connectivity index (χ1v) is 8.12. The lowest BCUT2D eigenvalue weighted by Crippen LogP contribution is -3.15. The molecule has 116 valence electrons. The van der Waals surface area contributed by atoms with Crippen molar-refractivity contribution in [3.8, 4) is 5.75 Å². The van der Waals surface area contributed by atoms with E-state index in [1.54, 1.807) is 12.0 Å². The molecule has 2 aromatic rings. The third-order valence-corrected chi connectivity index (χ3v) is 4.51. The van der Waals surface area contributed by atoms with Crippen LogP contribution in [-0.4, -0.2) is 39.8 Å². The maximum atomic E-state index is 5.48. The lowest BCUT2D eigenvalue weighted by Gasteiger charge is -2.34. The standard InChI is InChI=1S/C19H24N2O/c1-22-19-10-6-5-9-18(19)21-15-13-20(14-16-21)12-11-17-7-3-2-4-8-17/h2-10H,11-16H2,1H3/p+1. The van der Waals surface area contributed by atoms with Crippen LogP contribution in [0.4, 0.5) is 5.69 Å². The van der Waals surface area contributed by atoms with Gasteiger partial charge < -0.3 is 14.5 Å². The zero-order valence-corrected chi connectivity index (χ0v) is 13.3. The van der Waals surface area contributed by atoms with Gasteiger partial charge in [-0.15, -0.1) is 0 Å². The van der Waals surface area contributed by atoms with Crippen molar-refractivity contribution < 1.29 is 9.64 Å². The molecule has 0 aliphatic carbocycles. The summed E-state index contributed by atoms with van der Waals surface area (Å²) in [6, 6.07) is 19.1. The molecule has 0 aromatic heterocycles. The Kier molecular flexibility index (Phi) is 4.96. The van der Waals surface area contributed by atoms with Crippen LogP contribution in [0.5, 0.6) is 5.75 Å². The van der Waals surface area contributed by atoms with Crippen LogP contribution in [-0.2, 0) is 6.42 Å². The van der Waals surface area contributed by atoms with Gasteiger partial charge in [0, 0.05) is 6.42 Å². The number of benzene rings is 2. The Morgan fingerprint density at radius 1 is 0.955 bits per heavy atom. The lowest BCUT2D eigenvalue weighted by atomic mass is 10.1. The highest BCUT2D eigenvalue weighted by atomic mass is 16.5. The fourth-order valence-corrected chi connectivity index (χ4v) is 3.17. The van der Waals surface area contributed by atoms with Gasteiger partial charge in [0.25, 0.3) is 0 Å². The molecule has 3 rings (SSSR count). The van der Waals surface area contributed by atoms with Crippen molar-refractivity contribution in [2.45, 2.75) is 6.42 Å². The first-order chi connectivity index (χ1) is 10.9. The van der Waals surface area contributed by atoms with Crippen molar-refractivity contribution in [1.29, 1.82) is 0 Å². The summed E-state index contributed by atoms with van der Waals surface area (Å²) in [5, 5.41) is 0.